The van der Waals surface area contributed by atoms with E-state index in [-0.39, 0.29) is 65.8 Å². The predicted octanol–water partition coefficient (Wildman–Crippen LogP) is 14.7. The molecule has 1 atom stereocenters. The summed E-state index contributed by atoms with van der Waals surface area (Å²) in [4.78, 5) is 4.92. The van der Waals surface area contributed by atoms with Crippen molar-refractivity contribution in [1.82, 2.24) is 14.1 Å². The minimum Gasteiger partial charge on any atom is -0.510 e. The summed E-state index contributed by atoms with van der Waals surface area (Å²) >= 11 is 0. The van der Waals surface area contributed by atoms with Gasteiger partial charge in [-0.25, -0.2) is 4.98 Å². The van der Waals surface area contributed by atoms with Gasteiger partial charge in [0.2, 0.25) is 0 Å². The minimum absolute atomic E-state index is 0. The molecular weight excluding hydrogens is 976 g/mol. The Labute approximate surface area is 411 Å². The second-order valence-electron chi connectivity index (χ2n) is 18.4. The van der Waals surface area contributed by atoms with Gasteiger partial charge in [0, 0.05) is 44.3 Å². The van der Waals surface area contributed by atoms with Crippen LogP contribution in [0.2, 0.25) is 0 Å². The number of aryl methyl sites for hydroxylation is 1. The molecule has 0 aliphatic rings. The van der Waals surface area contributed by atoms with Crippen LogP contribution < -0.4 is 9.30 Å². The maximum Gasteiger partial charge on any atom is 0.268 e. The number of hydrogen-bond donors (Lipinski definition) is 0. The fraction of sp³-hybridized carbons (Fsp3) is 0.186. The van der Waals surface area contributed by atoms with E-state index in [0.29, 0.717) is 28.2 Å². The van der Waals surface area contributed by atoms with Crippen molar-refractivity contribution in [3.05, 3.63) is 199 Å². The van der Waals surface area contributed by atoms with E-state index in [4.69, 9.17) is 23.4 Å². The first-order valence-corrected chi connectivity index (χ1v) is 21.4. The summed E-state index contributed by atoms with van der Waals surface area (Å²) in [7, 11) is 0. The van der Waals surface area contributed by atoms with Crippen LogP contribution in [0.15, 0.2) is 164 Å². The van der Waals surface area contributed by atoms with Gasteiger partial charge >= 0.3 is 0 Å². The van der Waals surface area contributed by atoms with Gasteiger partial charge in [0.05, 0.1) is 30.4 Å². The van der Waals surface area contributed by atoms with Crippen LogP contribution in [0.4, 0.5) is 0 Å². The number of para-hydroxylation sites is 2. The summed E-state index contributed by atoms with van der Waals surface area (Å²) < 4.78 is 99.7. The van der Waals surface area contributed by atoms with E-state index in [0.717, 1.165) is 33.2 Å². The van der Waals surface area contributed by atoms with E-state index in [1.54, 1.807) is 33.4 Å². The average molecular weight is 1040 g/mol. The van der Waals surface area contributed by atoms with Gasteiger partial charge in [0.15, 0.2) is 0 Å². The number of hydrogen-bond acceptors (Lipinski definition) is 2. The molecular formula is C59H52N4OPt-2. The molecule has 0 saturated carbocycles. The van der Waals surface area contributed by atoms with Crippen LogP contribution in [0.5, 0.6) is 11.5 Å². The van der Waals surface area contributed by atoms with Crippen molar-refractivity contribution in [3.8, 4) is 50.9 Å². The second kappa shape index (κ2) is 17.1. The molecule has 0 N–H and O–H groups in total. The maximum atomic E-state index is 9.07. The van der Waals surface area contributed by atoms with Gasteiger partial charge in [-0.3, -0.25) is 4.57 Å². The van der Waals surface area contributed by atoms with E-state index in [2.05, 4.69) is 108 Å². The monoisotopic (exact) mass is 1040 g/mol. The van der Waals surface area contributed by atoms with Gasteiger partial charge in [0.25, 0.3) is 6.33 Å². The minimum atomic E-state index is -0.570. The van der Waals surface area contributed by atoms with E-state index in [1.165, 1.54) is 11.1 Å². The van der Waals surface area contributed by atoms with Crippen LogP contribution in [0.25, 0.3) is 72.3 Å². The van der Waals surface area contributed by atoms with Crippen molar-refractivity contribution < 1.29 is 44.1 Å². The molecule has 65 heavy (non-hydrogen) atoms. The number of aromatic nitrogens is 4. The van der Waals surface area contributed by atoms with Gasteiger partial charge in [-0.15, -0.1) is 29.7 Å². The molecule has 326 valence electrons. The largest absolute Gasteiger partial charge is 0.510 e. The summed E-state index contributed by atoms with van der Waals surface area (Å²) in [5.74, 6) is 1.83. The van der Waals surface area contributed by atoms with Gasteiger partial charge < -0.3 is 13.9 Å². The van der Waals surface area contributed by atoms with Crippen LogP contribution in [-0.4, -0.2) is 14.1 Å². The van der Waals surface area contributed by atoms with E-state index >= 15 is 0 Å². The molecule has 3 aromatic heterocycles. The zero-order valence-electron chi connectivity index (χ0n) is 47.4. The first-order chi connectivity index (χ1) is 35.0. The molecule has 6 heteroatoms. The molecule has 5 nitrogen and oxygen atoms in total. The smallest absolute Gasteiger partial charge is 0.268 e. The van der Waals surface area contributed by atoms with Gasteiger partial charge in [0.1, 0.15) is 5.82 Å². The number of fused-ring (bicyclic) bond motifs is 4. The fourth-order valence-corrected chi connectivity index (χ4v) is 8.38. The van der Waals surface area contributed by atoms with E-state index < -0.39 is 60.4 Å². The molecule has 7 aromatic carbocycles. The van der Waals surface area contributed by atoms with Gasteiger partial charge in [-0.2, -0.15) is 18.2 Å². The van der Waals surface area contributed by atoms with Crippen molar-refractivity contribution >= 4 is 32.8 Å². The van der Waals surface area contributed by atoms with Crippen molar-refractivity contribution in [3.63, 3.8) is 0 Å². The maximum absolute atomic E-state index is 9.07. The first kappa shape index (κ1) is 33.0. The second-order valence-corrected chi connectivity index (χ2v) is 18.4. The van der Waals surface area contributed by atoms with Crippen LogP contribution in [0, 0.1) is 30.8 Å². The normalized spacial score (nSPS) is 14.6. The number of imidazole rings is 1. The molecule has 0 saturated heterocycles. The predicted molar refractivity (Wildman–Crippen MR) is 262 cm³/mol. The molecule has 0 aliphatic heterocycles. The molecule has 0 aliphatic carbocycles. The Morgan fingerprint density at radius 2 is 1.35 bits per heavy atom. The summed E-state index contributed by atoms with van der Waals surface area (Å²) in [5, 5.41) is 2.06. The summed E-state index contributed by atoms with van der Waals surface area (Å²) in [6.07, 6.45) is 5.32. The Morgan fingerprint density at radius 3 is 2.03 bits per heavy atom. The third-order valence-corrected chi connectivity index (χ3v) is 12.2. The van der Waals surface area contributed by atoms with E-state index in [9.17, 15) is 0 Å². The van der Waals surface area contributed by atoms with Crippen molar-refractivity contribution in [1.29, 1.82) is 0 Å². The van der Waals surface area contributed by atoms with Crippen LogP contribution in [-0.2, 0) is 26.5 Å². The third kappa shape index (κ3) is 8.12. The molecule has 3 heterocycles. The fourth-order valence-electron chi connectivity index (χ4n) is 8.38. The van der Waals surface area contributed by atoms with Crippen molar-refractivity contribution in [2.24, 2.45) is 5.41 Å². The summed E-state index contributed by atoms with van der Waals surface area (Å²) in [5.41, 5.74) is 6.78. The molecule has 0 radical (unpaired) electrons. The SMILES string of the molecule is [2H]c1c([2H])c([2H])c(-c2cccc(-c3c([2H])c([2H])c([2H])c([2H])c3[2H])c2-[n+]2[c-]n(-c3[c-]c(Oc4[c-]c5c(cc4)c4cc(C(C)(C)C)ccc4n5-c4cc(C(C)C(C)(C)C)ccn4)ccc3)c3cccc(C)c32)c([2H])c1[2H].[Pt]. The number of ether oxygens (including phenoxy) is 1. The Kier molecular flexibility index (Phi) is 8.69. The zero-order valence-corrected chi connectivity index (χ0v) is 39.7. The number of nitrogens with zero attached hydrogens (tertiary/aromatic N) is 4. The molecule has 0 amide bonds. The zero-order chi connectivity index (χ0) is 53.0. The van der Waals surface area contributed by atoms with Crippen LogP contribution >= 0.6 is 0 Å². The Morgan fingerprint density at radius 1 is 0.692 bits per heavy atom. The van der Waals surface area contributed by atoms with Crippen molar-refractivity contribution in [2.75, 3.05) is 0 Å². The van der Waals surface area contributed by atoms with Crippen LogP contribution in [0.3, 0.4) is 0 Å². The standard InChI is InChI=1S/C59H52N4O.Pt/c1-39-18-15-27-53-56(39)62(57-48(41-19-11-9-12-20-41)25-17-26-49(57)42-21-13-10-14-22-42)38-61(53)45-23-16-24-46(36-45)64-47-29-30-50-51-35-44(59(6,7)8)28-31-52(51)63(54(50)37-47)55-34-43(32-33-60-55)40(2)58(3,4)5;/h9-35,40H,1-8H3;/q-2;/i9D,10D,11D,12D,13D,14D,19D,20D,21D,22D;. The third-order valence-electron chi connectivity index (χ3n) is 12.2. The van der Waals surface area contributed by atoms with Crippen molar-refractivity contribution in [2.45, 2.75) is 66.7 Å². The molecule has 1 unspecified atom stereocenters. The summed E-state index contributed by atoms with van der Waals surface area (Å²) in [6, 6.07) is 32.5. The Hall–Kier alpha value is -6.55. The first-order valence-electron chi connectivity index (χ1n) is 26.4. The van der Waals surface area contributed by atoms with E-state index in [1.807, 2.05) is 49.5 Å². The van der Waals surface area contributed by atoms with Crippen LogP contribution in [0.1, 0.15) is 84.8 Å². The molecule has 0 spiro atoms. The quantitative estimate of drug-likeness (QED) is 0.112. The van der Waals surface area contributed by atoms with Gasteiger partial charge in [-0.05, 0) is 91.9 Å². The topological polar surface area (TPSA) is 35.9 Å². The van der Waals surface area contributed by atoms with Gasteiger partial charge in [-0.1, -0.05) is 163 Å². The number of rotatable bonds is 8. The average Bonchev–Trinajstić information content (AvgIpc) is 3.94. The number of pyridine rings is 1. The molecule has 10 aromatic rings. The molecule has 10 rings (SSSR count). The Bertz CT molecular complexity index is 3820. The molecule has 0 bridgehead atoms. The summed E-state index contributed by atoms with van der Waals surface area (Å²) in [6.45, 7) is 17.5. The molecule has 0 fully saturated rings. The Balaban J connectivity index is 0.00000689. The number of benzene rings is 7.